The van der Waals surface area contributed by atoms with Crippen molar-refractivity contribution in [3.8, 4) is 0 Å². The largest absolute Gasteiger partial charge is 0.339 e. The number of hydrogen-bond donors (Lipinski definition) is 0. The van der Waals surface area contributed by atoms with Crippen LogP contribution in [0.15, 0.2) is 42.5 Å². The third-order valence-electron chi connectivity index (χ3n) is 5.87. The Morgan fingerprint density at radius 2 is 1.69 bits per heavy atom. The van der Waals surface area contributed by atoms with Gasteiger partial charge in [-0.15, -0.1) is 11.8 Å². The molecule has 2 aromatic rings. The molecule has 138 valence electrons. The molecule has 2 fully saturated rings. The Balaban J connectivity index is 1.25. The summed E-state index contributed by atoms with van der Waals surface area (Å²) >= 11 is 1.74. The van der Waals surface area contributed by atoms with Gasteiger partial charge in [-0.25, -0.2) is 0 Å². The van der Waals surface area contributed by atoms with E-state index >= 15 is 0 Å². The summed E-state index contributed by atoms with van der Waals surface area (Å²) in [6.07, 6.45) is 5.48. The van der Waals surface area contributed by atoms with Crippen molar-refractivity contribution >= 4 is 28.4 Å². The van der Waals surface area contributed by atoms with Gasteiger partial charge in [-0.2, -0.15) is 0 Å². The van der Waals surface area contributed by atoms with E-state index in [0.717, 1.165) is 38.0 Å². The monoisotopic (exact) mass is 368 g/mol. The van der Waals surface area contributed by atoms with E-state index in [2.05, 4.69) is 52.3 Å². The lowest BCUT2D eigenvalue weighted by Gasteiger charge is -2.38. The SMILES string of the molecule is O=C(CSCc1cccc2ccccc12)N1CCN(C2CCCC2)CC1. The highest BCUT2D eigenvalue weighted by molar-refractivity contribution is 7.99. The van der Waals surface area contributed by atoms with Gasteiger partial charge in [0, 0.05) is 38.0 Å². The molecule has 1 aliphatic carbocycles. The van der Waals surface area contributed by atoms with Crippen LogP contribution in [0.3, 0.4) is 0 Å². The Hall–Kier alpha value is -1.52. The summed E-state index contributed by atoms with van der Waals surface area (Å²) in [5, 5.41) is 2.58. The molecule has 0 aromatic heterocycles. The second kappa shape index (κ2) is 8.45. The standard InChI is InChI=1S/C22H28N2OS/c25-22(24-14-12-23(13-15-24)20-9-2-3-10-20)17-26-16-19-8-5-7-18-6-1-4-11-21(18)19/h1,4-8,11,20H,2-3,9-10,12-17H2. The third-order valence-corrected chi connectivity index (χ3v) is 6.84. The van der Waals surface area contributed by atoms with E-state index in [1.807, 2.05) is 0 Å². The van der Waals surface area contributed by atoms with E-state index in [9.17, 15) is 4.79 Å². The average Bonchev–Trinajstić information content (AvgIpc) is 3.23. The Labute approximate surface area is 160 Å². The molecule has 4 rings (SSSR count). The molecule has 0 atom stereocenters. The highest BCUT2D eigenvalue weighted by Gasteiger charge is 2.27. The summed E-state index contributed by atoms with van der Waals surface area (Å²) in [7, 11) is 0. The highest BCUT2D eigenvalue weighted by atomic mass is 32.2. The van der Waals surface area contributed by atoms with E-state index in [1.165, 1.54) is 42.0 Å². The predicted molar refractivity (Wildman–Crippen MR) is 111 cm³/mol. The number of benzene rings is 2. The van der Waals surface area contributed by atoms with Crippen molar-refractivity contribution in [1.29, 1.82) is 0 Å². The molecule has 2 aromatic carbocycles. The lowest BCUT2D eigenvalue weighted by molar-refractivity contribution is -0.130. The lowest BCUT2D eigenvalue weighted by Crippen LogP contribution is -2.51. The molecule has 0 bridgehead atoms. The van der Waals surface area contributed by atoms with Crippen molar-refractivity contribution in [1.82, 2.24) is 9.80 Å². The van der Waals surface area contributed by atoms with Crippen LogP contribution in [-0.4, -0.2) is 53.7 Å². The molecule has 2 aliphatic rings. The van der Waals surface area contributed by atoms with Crippen LogP contribution in [0.5, 0.6) is 0 Å². The fourth-order valence-electron chi connectivity index (χ4n) is 4.36. The van der Waals surface area contributed by atoms with Gasteiger partial charge < -0.3 is 4.90 Å². The summed E-state index contributed by atoms with van der Waals surface area (Å²) < 4.78 is 0. The number of rotatable bonds is 5. The highest BCUT2D eigenvalue weighted by Crippen LogP contribution is 2.25. The first-order chi connectivity index (χ1) is 12.8. The van der Waals surface area contributed by atoms with Gasteiger partial charge in [-0.1, -0.05) is 55.3 Å². The summed E-state index contributed by atoms with van der Waals surface area (Å²) in [6.45, 7) is 3.93. The average molecular weight is 369 g/mol. The minimum atomic E-state index is 0.307. The third kappa shape index (κ3) is 4.07. The number of thioether (sulfide) groups is 1. The van der Waals surface area contributed by atoms with Gasteiger partial charge >= 0.3 is 0 Å². The molecule has 0 radical (unpaired) electrons. The smallest absolute Gasteiger partial charge is 0.232 e. The number of nitrogens with zero attached hydrogens (tertiary/aromatic N) is 2. The van der Waals surface area contributed by atoms with E-state index in [0.29, 0.717) is 11.7 Å². The fourth-order valence-corrected chi connectivity index (χ4v) is 5.29. The quantitative estimate of drug-likeness (QED) is 0.792. The Bertz CT molecular complexity index is 743. The van der Waals surface area contributed by atoms with Crippen molar-refractivity contribution in [2.24, 2.45) is 0 Å². The summed E-state index contributed by atoms with van der Waals surface area (Å²) in [5.41, 5.74) is 1.33. The molecule has 4 heteroatoms. The Morgan fingerprint density at radius 1 is 0.962 bits per heavy atom. The van der Waals surface area contributed by atoms with Crippen LogP contribution in [0.4, 0.5) is 0 Å². The molecule has 0 spiro atoms. The van der Waals surface area contributed by atoms with Gasteiger partial charge in [0.2, 0.25) is 5.91 Å². The van der Waals surface area contributed by atoms with E-state index in [-0.39, 0.29) is 0 Å². The van der Waals surface area contributed by atoms with Crippen molar-refractivity contribution in [2.75, 3.05) is 31.9 Å². The molecular weight excluding hydrogens is 340 g/mol. The van der Waals surface area contributed by atoms with Crippen molar-refractivity contribution in [3.63, 3.8) is 0 Å². The van der Waals surface area contributed by atoms with Crippen LogP contribution in [-0.2, 0) is 10.5 Å². The van der Waals surface area contributed by atoms with Gasteiger partial charge in [0.15, 0.2) is 0 Å². The van der Waals surface area contributed by atoms with E-state index in [1.54, 1.807) is 11.8 Å². The van der Waals surface area contributed by atoms with Gasteiger partial charge in [-0.3, -0.25) is 9.69 Å². The molecule has 0 unspecified atom stereocenters. The first kappa shape index (κ1) is 17.9. The number of carbonyl (C=O) groups is 1. The summed E-state index contributed by atoms with van der Waals surface area (Å²) in [4.78, 5) is 17.2. The number of hydrogen-bond acceptors (Lipinski definition) is 3. The molecule has 26 heavy (non-hydrogen) atoms. The van der Waals surface area contributed by atoms with E-state index < -0.39 is 0 Å². The second-order valence-corrected chi connectivity index (χ2v) is 8.47. The first-order valence-electron chi connectivity index (χ1n) is 9.87. The number of amides is 1. The van der Waals surface area contributed by atoms with Crippen LogP contribution in [0.1, 0.15) is 31.2 Å². The van der Waals surface area contributed by atoms with Gasteiger partial charge in [0.05, 0.1) is 5.75 Å². The van der Waals surface area contributed by atoms with Gasteiger partial charge in [-0.05, 0) is 29.2 Å². The predicted octanol–water partition coefficient (Wildman–Crippen LogP) is 4.16. The van der Waals surface area contributed by atoms with Crippen LogP contribution in [0.25, 0.3) is 10.8 Å². The maximum absolute atomic E-state index is 12.6. The number of fused-ring (bicyclic) bond motifs is 1. The molecule has 1 aliphatic heterocycles. The zero-order chi connectivity index (χ0) is 17.8. The van der Waals surface area contributed by atoms with E-state index in [4.69, 9.17) is 0 Å². The minimum absolute atomic E-state index is 0.307. The van der Waals surface area contributed by atoms with Crippen molar-refractivity contribution < 1.29 is 4.79 Å². The Morgan fingerprint density at radius 3 is 2.50 bits per heavy atom. The molecule has 1 saturated carbocycles. The normalized spacial score (nSPS) is 19.3. The number of piperazine rings is 1. The van der Waals surface area contributed by atoms with Crippen LogP contribution in [0.2, 0.25) is 0 Å². The van der Waals surface area contributed by atoms with Crippen LogP contribution in [0, 0.1) is 0 Å². The van der Waals surface area contributed by atoms with Crippen molar-refractivity contribution in [2.45, 2.75) is 37.5 Å². The number of carbonyl (C=O) groups excluding carboxylic acids is 1. The second-order valence-electron chi connectivity index (χ2n) is 7.49. The molecule has 0 N–H and O–H groups in total. The first-order valence-corrected chi connectivity index (χ1v) is 11.0. The fraction of sp³-hybridized carbons (Fsp3) is 0.500. The molecular formula is C22H28N2OS. The molecule has 1 saturated heterocycles. The molecule has 3 nitrogen and oxygen atoms in total. The van der Waals surface area contributed by atoms with Gasteiger partial charge in [0.1, 0.15) is 0 Å². The molecule has 1 amide bonds. The molecule has 1 heterocycles. The van der Waals surface area contributed by atoms with Crippen LogP contribution >= 0.6 is 11.8 Å². The summed E-state index contributed by atoms with van der Waals surface area (Å²) in [5.74, 6) is 1.79. The minimum Gasteiger partial charge on any atom is -0.339 e. The Kier molecular flexibility index (Phi) is 5.81. The lowest BCUT2D eigenvalue weighted by atomic mass is 10.1. The maximum atomic E-state index is 12.6. The zero-order valence-electron chi connectivity index (χ0n) is 15.4. The van der Waals surface area contributed by atoms with Crippen molar-refractivity contribution in [3.05, 3.63) is 48.0 Å². The summed E-state index contributed by atoms with van der Waals surface area (Å²) in [6, 6.07) is 15.7. The topological polar surface area (TPSA) is 23.6 Å². The van der Waals surface area contributed by atoms with Gasteiger partial charge in [0.25, 0.3) is 0 Å². The zero-order valence-corrected chi connectivity index (χ0v) is 16.2. The maximum Gasteiger partial charge on any atom is 0.232 e. The van der Waals surface area contributed by atoms with Crippen LogP contribution < -0.4 is 0 Å².